The van der Waals surface area contributed by atoms with Crippen LogP contribution in [0.2, 0.25) is 0 Å². The summed E-state index contributed by atoms with van der Waals surface area (Å²) < 4.78 is 7.50. The van der Waals surface area contributed by atoms with Crippen molar-refractivity contribution in [1.82, 2.24) is 14.5 Å². The minimum absolute atomic E-state index is 0.206. The van der Waals surface area contributed by atoms with Crippen molar-refractivity contribution < 1.29 is 4.74 Å². The number of imidazole rings is 1. The molecule has 17 heavy (non-hydrogen) atoms. The Morgan fingerprint density at radius 2 is 2.29 bits per heavy atom. The molecule has 1 aromatic heterocycles. The molecule has 1 aromatic rings. The van der Waals surface area contributed by atoms with Crippen LogP contribution in [-0.2, 0) is 11.3 Å². The fraction of sp³-hybridized carbons (Fsp3) is 0.750. The number of aromatic nitrogens is 2. The highest BCUT2D eigenvalue weighted by Crippen LogP contribution is 2.17. The second kappa shape index (κ2) is 7.42. The van der Waals surface area contributed by atoms with E-state index in [-0.39, 0.29) is 6.04 Å². The predicted molar refractivity (Wildman–Crippen MR) is 68.8 cm³/mol. The van der Waals surface area contributed by atoms with E-state index in [1.807, 2.05) is 19.4 Å². The van der Waals surface area contributed by atoms with Crippen LogP contribution < -0.4 is 5.73 Å². The van der Waals surface area contributed by atoms with Crippen molar-refractivity contribution in [3.8, 4) is 0 Å². The largest absolute Gasteiger partial charge is 0.380 e. The molecule has 0 aliphatic heterocycles. The van der Waals surface area contributed by atoms with Crippen LogP contribution >= 0.6 is 0 Å². The van der Waals surface area contributed by atoms with Gasteiger partial charge in [-0.15, -0.1) is 0 Å². The van der Waals surface area contributed by atoms with E-state index in [1.54, 1.807) is 0 Å². The van der Waals surface area contributed by atoms with Crippen LogP contribution in [0.1, 0.15) is 25.6 Å². The number of aryl methyl sites for hydroxylation is 1. The van der Waals surface area contributed by atoms with Gasteiger partial charge >= 0.3 is 0 Å². The van der Waals surface area contributed by atoms with E-state index in [0.29, 0.717) is 6.54 Å². The first-order valence-electron chi connectivity index (χ1n) is 6.22. The molecule has 0 aliphatic carbocycles. The third-order valence-electron chi connectivity index (χ3n) is 2.97. The summed E-state index contributed by atoms with van der Waals surface area (Å²) in [6.07, 6.45) is 3.76. The van der Waals surface area contributed by atoms with Gasteiger partial charge in [-0.1, -0.05) is 0 Å². The Bertz CT molecular complexity index is 313. The number of nitrogens with two attached hydrogens (primary N) is 1. The number of hydrogen-bond donors (Lipinski definition) is 1. The zero-order valence-electron chi connectivity index (χ0n) is 11.1. The average molecular weight is 240 g/mol. The Labute approximate surface area is 104 Å². The lowest BCUT2D eigenvalue weighted by molar-refractivity contribution is 0.107. The van der Waals surface area contributed by atoms with E-state index in [1.165, 1.54) is 5.69 Å². The fourth-order valence-electron chi connectivity index (χ4n) is 1.91. The smallest absolute Gasteiger partial charge is 0.0948 e. The van der Waals surface area contributed by atoms with Gasteiger partial charge in [0, 0.05) is 32.4 Å². The van der Waals surface area contributed by atoms with Crippen LogP contribution in [-0.4, -0.2) is 47.8 Å². The monoisotopic (exact) mass is 240 g/mol. The molecular weight excluding hydrogens is 216 g/mol. The van der Waals surface area contributed by atoms with E-state index in [0.717, 1.165) is 26.3 Å². The average Bonchev–Trinajstić information content (AvgIpc) is 2.78. The molecule has 1 rings (SSSR count). The third-order valence-corrected chi connectivity index (χ3v) is 2.97. The Hall–Kier alpha value is -0.910. The summed E-state index contributed by atoms with van der Waals surface area (Å²) in [7, 11) is 2.07. The number of rotatable bonds is 8. The SMILES string of the molecule is CCOCCN(C)C(CN)c1cncn1CC. The van der Waals surface area contributed by atoms with Gasteiger partial charge in [-0.3, -0.25) is 4.90 Å². The molecule has 5 heteroatoms. The highest BCUT2D eigenvalue weighted by molar-refractivity contribution is 5.06. The Morgan fingerprint density at radius 3 is 2.88 bits per heavy atom. The Morgan fingerprint density at radius 1 is 1.53 bits per heavy atom. The lowest BCUT2D eigenvalue weighted by Gasteiger charge is -2.27. The molecule has 0 amide bonds. The number of likely N-dealkylation sites (N-methyl/N-ethyl adjacent to an activating group) is 1. The maximum absolute atomic E-state index is 5.87. The van der Waals surface area contributed by atoms with Crippen LogP contribution in [0.25, 0.3) is 0 Å². The summed E-state index contributed by atoms with van der Waals surface area (Å²) in [6, 6.07) is 0.206. The molecule has 0 saturated heterocycles. The van der Waals surface area contributed by atoms with Gasteiger partial charge in [0.25, 0.3) is 0 Å². The fourth-order valence-corrected chi connectivity index (χ4v) is 1.91. The Kier molecular flexibility index (Phi) is 6.18. The van der Waals surface area contributed by atoms with Crippen LogP contribution in [0.5, 0.6) is 0 Å². The van der Waals surface area contributed by atoms with Gasteiger partial charge < -0.3 is 15.0 Å². The second-order valence-corrected chi connectivity index (χ2v) is 4.03. The number of ether oxygens (including phenoxy) is 1. The molecule has 1 unspecified atom stereocenters. The molecule has 98 valence electrons. The molecular formula is C12H24N4O. The highest BCUT2D eigenvalue weighted by atomic mass is 16.5. The third kappa shape index (κ3) is 3.80. The highest BCUT2D eigenvalue weighted by Gasteiger charge is 2.18. The molecule has 2 N–H and O–H groups in total. The summed E-state index contributed by atoms with van der Waals surface area (Å²) in [5.74, 6) is 0. The van der Waals surface area contributed by atoms with E-state index >= 15 is 0 Å². The van der Waals surface area contributed by atoms with E-state index < -0.39 is 0 Å². The van der Waals surface area contributed by atoms with Gasteiger partial charge in [0.05, 0.1) is 24.7 Å². The minimum Gasteiger partial charge on any atom is -0.380 e. The number of hydrogen-bond acceptors (Lipinski definition) is 4. The molecule has 5 nitrogen and oxygen atoms in total. The molecule has 0 radical (unpaired) electrons. The van der Waals surface area contributed by atoms with Gasteiger partial charge in [0.1, 0.15) is 0 Å². The van der Waals surface area contributed by atoms with Gasteiger partial charge in [-0.05, 0) is 20.9 Å². The standard InChI is InChI=1S/C12H24N4O/c1-4-16-10-14-9-12(16)11(8-13)15(3)6-7-17-5-2/h9-11H,4-8,13H2,1-3H3. The summed E-state index contributed by atoms with van der Waals surface area (Å²) in [5, 5.41) is 0. The van der Waals surface area contributed by atoms with Gasteiger partial charge in [-0.25, -0.2) is 4.98 Å². The molecule has 0 aromatic carbocycles. The minimum atomic E-state index is 0.206. The summed E-state index contributed by atoms with van der Waals surface area (Å²) >= 11 is 0. The summed E-state index contributed by atoms with van der Waals surface area (Å²) in [6.45, 7) is 8.01. The summed E-state index contributed by atoms with van der Waals surface area (Å²) in [4.78, 5) is 6.41. The lowest BCUT2D eigenvalue weighted by Crippen LogP contribution is -2.34. The molecule has 1 heterocycles. The zero-order valence-corrected chi connectivity index (χ0v) is 11.1. The van der Waals surface area contributed by atoms with Gasteiger partial charge in [-0.2, -0.15) is 0 Å². The summed E-state index contributed by atoms with van der Waals surface area (Å²) in [5.41, 5.74) is 7.04. The topological polar surface area (TPSA) is 56.3 Å². The van der Waals surface area contributed by atoms with Crippen LogP contribution in [0.3, 0.4) is 0 Å². The normalized spacial score (nSPS) is 13.2. The molecule has 0 fully saturated rings. The van der Waals surface area contributed by atoms with Crippen molar-refractivity contribution in [2.45, 2.75) is 26.4 Å². The van der Waals surface area contributed by atoms with Crippen molar-refractivity contribution in [3.63, 3.8) is 0 Å². The van der Waals surface area contributed by atoms with Crippen molar-refractivity contribution >= 4 is 0 Å². The van der Waals surface area contributed by atoms with Crippen molar-refractivity contribution in [2.75, 3.05) is 33.4 Å². The zero-order chi connectivity index (χ0) is 12.7. The molecule has 0 spiro atoms. The maximum Gasteiger partial charge on any atom is 0.0948 e. The van der Waals surface area contributed by atoms with Gasteiger partial charge in [0.15, 0.2) is 0 Å². The van der Waals surface area contributed by atoms with E-state index in [2.05, 4.69) is 28.4 Å². The first-order chi connectivity index (χ1) is 8.24. The maximum atomic E-state index is 5.87. The molecule has 0 bridgehead atoms. The van der Waals surface area contributed by atoms with E-state index in [9.17, 15) is 0 Å². The Balaban J connectivity index is 2.63. The second-order valence-electron chi connectivity index (χ2n) is 4.03. The molecule has 0 saturated carbocycles. The number of nitrogens with zero attached hydrogens (tertiary/aromatic N) is 3. The van der Waals surface area contributed by atoms with E-state index in [4.69, 9.17) is 10.5 Å². The van der Waals surface area contributed by atoms with Crippen LogP contribution in [0, 0.1) is 0 Å². The van der Waals surface area contributed by atoms with Crippen LogP contribution in [0.15, 0.2) is 12.5 Å². The first-order valence-corrected chi connectivity index (χ1v) is 6.22. The van der Waals surface area contributed by atoms with Gasteiger partial charge in [0.2, 0.25) is 0 Å². The molecule has 0 aliphatic rings. The van der Waals surface area contributed by atoms with Crippen molar-refractivity contribution in [2.24, 2.45) is 5.73 Å². The van der Waals surface area contributed by atoms with Crippen LogP contribution in [0.4, 0.5) is 0 Å². The lowest BCUT2D eigenvalue weighted by atomic mass is 10.2. The molecule has 1 atom stereocenters. The predicted octanol–water partition coefficient (Wildman–Crippen LogP) is 0.871. The van der Waals surface area contributed by atoms with Crippen molar-refractivity contribution in [3.05, 3.63) is 18.2 Å². The quantitative estimate of drug-likeness (QED) is 0.685. The first kappa shape index (κ1) is 14.2. The van der Waals surface area contributed by atoms with Crippen molar-refractivity contribution in [1.29, 1.82) is 0 Å².